The number of hydrogen-bond acceptors (Lipinski definition) is 4. The molecular formula is C16H22N4. The number of nitrogens with zero attached hydrogens (tertiary/aromatic N) is 3. The van der Waals surface area contributed by atoms with Gasteiger partial charge in [-0.15, -0.1) is 0 Å². The van der Waals surface area contributed by atoms with E-state index in [-0.39, 0.29) is 5.92 Å². The number of rotatable bonds is 4. The number of benzene rings is 1. The van der Waals surface area contributed by atoms with Crippen molar-refractivity contribution in [3.8, 4) is 0 Å². The first-order valence-corrected chi connectivity index (χ1v) is 6.88. The Bertz CT molecular complexity index is 579. The van der Waals surface area contributed by atoms with E-state index in [2.05, 4.69) is 40.8 Å². The maximum Gasteiger partial charge on any atom is 0.137 e. The van der Waals surface area contributed by atoms with Gasteiger partial charge in [0.05, 0.1) is 0 Å². The van der Waals surface area contributed by atoms with Crippen LogP contribution in [0, 0.1) is 6.92 Å². The van der Waals surface area contributed by atoms with E-state index >= 15 is 0 Å². The molecule has 2 rings (SSSR count). The third-order valence-corrected chi connectivity index (χ3v) is 3.32. The summed E-state index contributed by atoms with van der Waals surface area (Å²) in [5, 5.41) is 0. The summed E-state index contributed by atoms with van der Waals surface area (Å²) in [5.41, 5.74) is 8.20. The normalized spacial score (nSPS) is 10.8. The average Bonchev–Trinajstić information content (AvgIpc) is 2.42. The third-order valence-electron chi connectivity index (χ3n) is 3.32. The molecule has 2 N–H and O–H groups in total. The minimum atomic E-state index is 0.266. The molecule has 0 saturated carbocycles. The van der Waals surface area contributed by atoms with Gasteiger partial charge in [-0.2, -0.15) is 0 Å². The van der Waals surface area contributed by atoms with Crippen molar-refractivity contribution in [3.63, 3.8) is 0 Å². The first kappa shape index (κ1) is 14.3. The molecule has 0 spiro atoms. The second-order valence-electron chi connectivity index (χ2n) is 5.41. The molecule has 1 aromatic heterocycles. The van der Waals surface area contributed by atoms with Crippen molar-refractivity contribution in [2.24, 2.45) is 0 Å². The second-order valence-corrected chi connectivity index (χ2v) is 5.41. The fraction of sp³-hybridized carbons (Fsp3) is 0.375. The second kappa shape index (κ2) is 5.90. The quantitative estimate of drug-likeness (QED) is 0.927. The Morgan fingerprint density at radius 3 is 2.40 bits per heavy atom. The van der Waals surface area contributed by atoms with E-state index < -0.39 is 0 Å². The first-order valence-electron chi connectivity index (χ1n) is 6.88. The smallest absolute Gasteiger partial charge is 0.137 e. The molecular weight excluding hydrogens is 248 g/mol. The lowest BCUT2D eigenvalue weighted by Crippen LogP contribution is -2.21. The van der Waals surface area contributed by atoms with Crippen molar-refractivity contribution in [2.75, 3.05) is 17.7 Å². The summed E-state index contributed by atoms with van der Waals surface area (Å²) in [7, 11) is 2.03. The summed E-state index contributed by atoms with van der Waals surface area (Å²) in [6.45, 7) is 6.92. The zero-order valence-electron chi connectivity index (χ0n) is 12.6. The van der Waals surface area contributed by atoms with Crippen LogP contribution in [0.4, 0.5) is 11.6 Å². The molecule has 1 aromatic carbocycles. The standard InChI is InChI=1S/C16H22N4/c1-11(2)15-18-14(17)12(3)16(19-15)20(4)10-13-8-6-5-7-9-13/h5-9,11H,10H2,1-4H3,(H2,17,18,19). The van der Waals surface area contributed by atoms with Crippen LogP contribution in [-0.2, 0) is 6.54 Å². The molecule has 106 valence electrons. The lowest BCUT2D eigenvalue weighted by Gasteiger charge is -2.22. The van der Waals surface area contributed by atoms with Crippen molar-refractivity contribution in [1.82, 2.24) is 9.97 Å². The van der Waals surface area contributed by atoms with Crippen LogP contribution in [0.2, 0.25) is 0 Å². The fourth-order valence-electron chi connectivity index (χ4n) is 2.10. The Morgan fingerprint density at radius 2 is 1.80 bits per heavy atom. The zero-order chi connectivity index (χ0) is 14.7. The Hall–Kier alpha value is -2.10. The zero-order valence-corrected chi connectivity index (χ0v) is 12.6. The fourth-order valence-corrected chi connectivity index (χ4v) is 2.10. The van der Waals surface area contributed by atoms with Gasteiger partial charge in [-0.25, -0.2) is 9.97 Å². The molecule has 0 aliphatic rings. The summed E-state index contributed by atoms with van der Waals surface area (Å²) in [4.78, 5) is 11.1. The van der Waals surface area contributed by atoms with Crippen LogP contribution in [0.3, 0.4) is 0 Å². The van der Waals surface area contributed by atoms with Gasteiger partial charge in [0, 0.05) is 25.1 Å². The molecule has 0 fully saturated rings. The average molecular weight is 270 g/mol. The highest BCUT2D eigenvalue weighted by Gasteiger charge is 2.14. The molecule has 1 heterocycles. The molecule has 0 unspecified atom stereocenters. The van der Waals surface area contributed by atoms with Crippen LogP contribution in [0.25, 0.3) is 0 Å². The van der Waals surface area contributed by atoms with Crippen molar-refractivity contribution >= 4 is 11.6 Å². The van der Waals surface area contributed by atoms with Crippen LogP contribution in [0.5, 0.6) is 0 Å². The topological polar surface area (TPSA) is 55.0 Å². The summed E-state index contributed by atoms with van der Waals surface area (Å²) in [5.74, 6) is 2.54. The van der Waals surface area contributed by atoms with Gasteiger partial charge in [0.2, 0.25) is 0 Å². The van der Waals surface area contributed by atoms with Gasteiger partial charge < -0.3 is 10.6 Å². The van der Waals surface area contributed by atoms with Gasteiger partial charge in [-0.1, -0.05) is 44.2 Å². The Balaban J connectivity index is 2.31. The monoisotopic (exact) mass is 270 g/mol. The van der Waals surface area contributed by atoms with E-state index in [4.69, 9.17) is 5.73 Å². The summed E-state index contributed by atoms with van der Waals surface area (Å²) < 4.78 is 0. The Labute approximate surface area is 120 Å². The maximum atomic E-state index is 6.01. The highest BCUT2D eigenvalue weighted by atomic mass is 15.2. The van der Waals surface area contributed by atoms with E-state index in [0.717, 1.165) is 23.8 Å². The number of anilines is 2. The highest BCUT2D eigenvalue weighted by Crippen LogP contribution is 2.24. The molecule has 4 heteroatoms. The molecule has 0 amide bonds. The van der Waals surface area contributed by atoms with Crippen LogP contribution in [-0.4, -0.2) is 17.0 Å². The third kappa shape index (κ3) is 3.07. The number of nitrogen functional groups attached to an aromatic ring is 1. The highest BCUT2D eigenvalue weighted by molar-refractivity contribution is 5.56. The SMILES string of the molecule is Cc1c(N)nc(C(C)C)nc1N(C)Cc1ccccc1. The minimum absolute atomic E-state index is 0.266. The molecule has 0 aliphatic heterocycles. The molecule has 0 aliphatic carbocycles. The lowest BCUT2D eigenvalue weighted by molar-refractivity contribution is 0.761. The largest absolute Gasteiger partial charge is 0.383 e. The van der Waals surface area contributed by atoms with Gasteiger partial charge in [0.1, 0.15) is 17.5 Å². The molecule has 4 nitrogen and oxygen atoms in total. The van der Waals surface area contributed by atoms with Crippen molar-refractivity contribution < 1.29 is 0 Å². The predicted molar refractivity (Wildman–Crippen MR) is 83.8 cm³/mol. The minimum Gasteiger partial charge on any atom is -0.383 e. The van der Waals surface area contributed by atoms with E-state index in [1.165, 1.54) is 5.56 Å². The van der Waals surface area contributed by atoms with Gasteiger partial charge in [-0.3, -0.25) is 0 Å². The molecule has 20 heavy (non-hydrogen) atoms. The maximum absolute atomic E-state index is 6.01. The van der Waals surface area contributed by atoms with Gasteiger partial charge >= 0.3 is 0 Å². The predicted octanol–water partition coefficient (Wildman–Crippen LogP) is 3.13. The molecule has 0 radical (unpaired) electrons. The van der Waals surface area contributed by atoms with E-state index in [0.29, 0.717) is 5.82 Å². The first-order chi connectivity index (χ1) is 9.49. The van der Waals surface area contributed by atoms with Crippen LogP contribution in [0.1, 0.15) is 36.7 Å². The number of hydrogen-bond donors (Lipinski definition) is 1. The molecule has 0 bridgehead atoms. The lowest BCUT2D eigenvalue weighted by atomic mass is 10.2. The summed E-state index contributed by atoms with van der Waals surface area (Å²) >= 11 is 0. The molecule has 2 aromatic rings. The number of aromatic nitrogens is 2. The van der Waals surface area contributed by atoms with Crippen molar-refractivity contribution in [1.29, 1.82) is 0 Å². The number of nitrogens with two attached hydrogens (primary N) is 1. The van der Waals surface area contributed by atoms with Crippen LogP contribution in [0.15, 0.2) is 30.3 Å². The van der Waals surface area contributed by atoms with Gasteiger partial charge in [0.25, 0.3) is 0 Å². The molecule has 0 atom stereocenters. The van der Waals surface area contributed by atoms with Crippen molar-refractivity contribution in [3.05, 3.63) is 47.3 Å². The van der Waals surface area contributed by atoms with Crippen molar-refractivity contribution in [2.45, 2.75) is 33.2 Å². The Morgan fingerprint density at radius 1 is 1.15 bits per heavy atom. The van der Waals surface area contributed by atoms with Crippen LogP contribution < -0.4 is 10.6 Å². The van der Waals surface area contributed by atoms with E-state index in [1.54, 1.807) is 0 Å². The molecule has 0 saturated heterocycles. The van der Waals surface area contributed by atoms with E-state index in [9.17, 15) is 0 Å². The Kier molecular flexibility index (Phi) is 4.23. The summed E-state index contributed by atoms with van der Waals surface area (Å²) in [6, 6.07) is 10.3. The summed E-state index contributed by atoms with van der Waals surface area (Å²) in [6.07, 6.45) is 0. The van der Waals surface area contributed by atoms with Gasteiger partial charge in [0.15, 0.2) is 0 Å². The van der Waals surface area contributed by atoms with E-state index in [1.807, 2.05) is 32.2 Å². The van der Waals surface area contributed by atoms with Crippen LogP contribution >= 0.6 is 0 Å². The van der Waals surface area contributed by atoms with Gasteiger partial charge in [-0.05, 0) is 12.5 Å².